The number of halogens is 1. The third-order valence-corrected chi connectivity index (χ3v) is 7.12. The van der Waals surface area contributed by atoms with E-state index in [-0.39, 0.29) is 39.9 Å². The van der Waals surface area contributed by atoms with Gasteiger partial charge >= 0.3 is 0 Å². The van der Waals surface area contributed by atoms with Gasteiger partial charge in [0, 0.05) is 31.3 Å². The lowest BCUT2D eigenvalue weighted by Gasteiger charge is -2.40. The molecule has 2 heterocycles. The molecule has 2 aliphatic rings. The SMILES string of the molecule is COc1cc(S(=O)(=O)N2C[C@@H]3CCCN3C(=O)[C@H]2C)c(OC)cc1Cl. The first-order valence-corrected chi connectivity index (χ1v) is 9.87. The number of amides is 1. The summed E-state index contributed by atoms with van der Waals surface area (Å²) in [5.74, 6) is 0.205. The zero-order valence-electron chi connectivity index (χ0n) is 14.4. The molecular formula is C16H21ClN2O5S. The Kier molecular flexibility index (Phi) is 4.87. The van der Waals surface area contributed by atoms with Crippen LogP contribution < -0.4 is 9.47 Å². The Morgan fingerprint density at radius 2 is 1.88 bits per heavy atom. The van der Waals surface area contributed by atoms with Gasteiger partial charge in [-0.05, 0) is 19.8 Å². The second-order valence-corrected chi connectivity index (χ2v) is 8.48. The number of rotatable bonds is 4. The molecule has 0 spiro atoms. The molecule has 1 aromatic rings. The normalized spacial score (nSPS) is 24.3. The highest BCUT2D eigenvalue weighted by atomic mass is 35.5. The number of sulfonamides is 1. The minimum atomic E-state index is -3.95. The predicted octanol–water partition coefficient (Wildman–Crippen LogP) is 1.74. The van der Waals surface area contributed by atoms with E-state index in [1.54, 1.807) is 11.8 Å². The van der Waals surface area contributed by atoms with Crippen molar-refractivity contribution in [1.82, 2.24) is 9.21 Å². The average molecular weight is 389 g/mol. The molecule has 25 heavy (non-hydrogen) atoms. The first-order chi connectivity index (χ1) is 11.8. The van der Waals surface area contributed by atoms with Gasteiger partial charge in [0.05, 0.1) is 19.2 Å². The molecule has 0 aromatic heterocycles. The first kappa shape index (κ1) is 18.3. The maximum Gasteiger partial charge on any atom is 0.247 e. The Labute approximate surface area is 152 Å². The van der Waals surface area contributed by atoms with E-state index >= 15 is 0 Å². The van der Waals surface area contributed by atoms with Crippen LogP contribution in [0.25, 0.3) is 0 Å². The van der Waals surface area contributed by atoms with Crippen molar-refractivity contribution in [2.75, 3.05) is 27.3 Å². The molecule has 0 saturated carbocycles. The molecule has 0 radical (unpaired) electrons. The summed E-state index contributed by atoms with van der Waals surface area (Å²) in [6, 6.07) is 1.92. The van der Waals surface area contributed by atoms with E-state index in [1.165, 1.54) is 30.7 Å². The van der Waals surface area contributed by atoms with Crippen molar-refractivity contribution >= 4 is 27.5 Å². The standard InChI is InChI=1S/C16H21ClN2O5S/c1-10-16(20)18-6-4-5-11(18)9-19(10)25(21,22)15-8-13(23-2)12(17)7-14(15)24-3/h7-8,10-11H,4-6,9H2,1-3H3/t10-,11+/m1/s1. The highest BCUT2D eigenvalue weighted by Gasteiger charge is 2.46. The predicted molar refractivity (Wildman–Crippen MR) is 92.6 cm³/mol. The Balaban J connectivity index is 2.05. The van der Waals surface area contributed by atoms with Crippen LogP contribution in [-0.4, -0.2) is 62.9 Å². The summed E-state index contributed by atoms with van der Waals surface area (Å²) in [6.07, 6.45) is 1.71. The van der Waals surface area contributed by atoms with E-state index in [2.05, 4.69) is 0 Å². The van der Waals surface area contributed by atoms with Crippen LogP contribution in [0.1, 0.15) is 19.8 Å². The molecule has 0 bridgehead atoms. The summed E-state index contributed by atoms with van der Waals surface area (Å²) in [5, 5.41) is 0.253. The molecule has 138 valence electrons. The van der Waals surface area contributed by atoms with Crippen molar-refractivity contribution in [1.29, 1.82) is 0 Å². The highest BCUT2D eigenvalue weighted by molar-refractivity contribution is 7.89. The van der Waals surface area contributed by atoms with Gasteiger partial charge in [-0.3, -0.25) is 4.79 Å². The van der Waals surface area contributed by atoms with Crippen LogP contribution in [0.2, 0.25) is 5.02 Å². The van der Waals surface area contributed by atoms with Crippen LogP contribution in [-0.2, 0) is 14.8 Å². The van der Waals surface area contributed by atoms with Crippen LogP contribution in [0.5, 0.6) is 11.5 Å². The van der Waals surface area contributed by atoms with Gasteiger partial charge in [0.25, 0.3) is 0 Å². The summed E-state index contributed by atoms with van der Waals surface area (Å²) >= 11 is 6.07. The number of carbonyl (C=O) groups excluding carboxylic acids is 1. The van der Waals surface area contributed by atoms with E-state index in [4.69, 9.17) is 21.1 Å². The monoisotopic (exact) mass is 388 g/mol. The zero-order valence-corrected chi connectivity index (χ0v) is 15.9. The molecule has 0 unspecified atom stereocenters. The van der Waals surface area contributed by atoms with Gasteiger partial charge in [0.15, 0.2) is 0 Å². The number of nitrogens with zero attached hydrogens (tertiary/aromatic N) is 2. The zero-order chi connectivity index (χ0) is 18.4. The quantitative estimate of drug-likeness (QED) is 0.785. The minimum Gasteiger partial charge on any atom is -0.495 e. The maximum atomic E-state index is 13.3. The summed E-state index contributed by atoms with van der Waals surface area (Å²) < 4.78 is 38.1. The Morgan fingerprint density at radius 1 is 1.20 bits per heavy atom. The van der Waals surface area contributed by atoms with Gasteiger partial charge in [-0.25, -0.2) is 8.42 Å². The molecule has 1 amide bonds. The second kappa shape index (κ2) is 6.66. The molecule has 0 N–H and O–H groups in total. The summed E-state index contributed by atoms with van der Waals surface area (Å²) in [7, 11) is -1.17. The molecular weight excluding hydrogens is 368 g/mol. The number of ether oxygens (including phenoxy) is 2. The van der Waals surface area contributed by atoms with Crippen LogP contribution in [0.15, 0.2) is 17.0 Å². The number of carbonyl (C=O) groups is 1. The van der Waals surface area contributed by atoms with Crippen molar-refractivity contribution in [3.8, 4) is 11.5 Å². The largest absolute Gasteiger partial charge is 0.495 e. The van der Waals surface area contributed by atoms with Gasteiger partial charge in [-0.2, -0.15) is 4.31 Å². The lowest BCUT2D eigenvalue weighted by atomic mass is 10.1. The summed E-state index contributed by atoms with van der Waals surface area (Å²) in [4.78, 5) is 14.3. The number of benzene rings is 1. The van der Waals surface area contributed by atoms with Crippen molar-refractivity contribution in [2.45, 2.75) is 36.7 Å². The Morgan fingerprint density at radius 3 is 2.52 bits per heavy atom. The van der Waals surface area contributed by atoms with Crippen molar-refractivity contribution < 1.29 is 22.7 Å². The Bertz CT molecular complexity index is 798. The lowest BCUT2D eigenvalue weighted by Crippen LogP contribution is -2.59. The van der Waals surface area contributed by atoms with Crippen LogP contribution in [0.4, 0.5) is 0 Å². The van der Waals surface area contributed by atoms with Gasteiger partial charge in [-0.15, -0.1) is 0 Å². The van der Waals surface area contributed by atoms with Crippen LogP contribution in [0, 0.1) is 0 Å². The fourth-order valence-corrected chi connectivity index (χ4v) is 5.52. The molecule has 0 aliphatic carbocycles. The summed E-state index contributed by atoms with van der Waals surface area (Å²) in [5.41, 5.74) is 0. The highest BCUT2D eigenvalue weighted by Crippen LogP contribution is 2.38. The fraction of sp³-hybridized carbons (Fsp3) is 0.562. The van der Waals surface area contributed by atoms with Gasteiger partial charge in [0.2, 0.25) is 15.9 Å². The van der Waals surface area contributed by atoms with Gasteiger partial charge < -0.3 is 14.4 Å². The molecule has 9 heteroatoms. The van der Waals surface area contributed by atoms with E-state index < -0.39 is 16.1 Å². The molecule has 2 atom stereocenters. The summed E-state index contributed by atoms with van der Waals surface area (Å²) in [6.45, 7) is 2.59. The number of methoxy groups -OCH3 is 2. The van der Waals surface area contributed by atoms with Crippen molar-refractivity contribution in [3.63, 3.8) is 0 Å². The van der Waals surface area contributed by atoms with E-state index in [1.807, 2.05) is 0 Å². The lowest BCUT2D eigenvalue weighted by molar-refractivity contribution is -0.139. The average Bonchev–Trinajstić information content (AvgIpc) is 3.06. The van der Waals surface area contributed by atoms with Gasteiger partial charge in [0.1, 0.15) is 22.4 Å². The first-order valence-electron chi connectivity index (χ1n) is 8.05. The third kappa shape index (κ3) is 2.96. The molecule has 2 fully saturated rings. The number of hydrogen-bond donors (Lipinski definition) is 0. The number of piperazine rings is 1. The van der Waals surface area contributed by atoms with E-state index in [9.17, 15) is 13.2 Å². The van der Waals surface area contributed by atoms with E-state index in [0.29, 0.717) is 6.54 Å². The smallest absolute Gasteiger partial charge is 0.247 e. The molecule has 2 saturated heterocycles. The van der Waals surface area contributed by atoms with E-state index in [0.717, 1.165) is 12.8 Å². The molecule has 2 aliphatic heterocycles. The maximum absolute atomic E-state index is 13.3. The van der Waals surface area contributed by atoms with Crippen LogP contribution in [0.3, 0.4) is 0 Å². The third-order valence-electron chi connectivity index (χ3n) is 4.86. The van der Waals surface area contributed by atoms with Crippen molar-refractivity contribution in [3.05, 3.63) is 17.2 Å². The number of hydrogen-bond acceptors (Lipinski definition) is 5. The minimum absolute atomic E-state index is 0.0534. The van der Waals surface area contributed by atoms with Crippen molar-refractivity contribution in [2.24, 2.45) is 0 Å². The topological polar surface area (TPSA) is 76.2 Å². The van der Waals surface area contributed by atoms with Gasteiger partial charge in [-0.1, -0.05) is 11.6 Å². The Hall–Kier alpha value is -1.51. The molecule has 1 aromatic carbocycles. The number of fused-ring (bicyclic) bond motifs is 1. The fourth-order valence-electron chi connectivity index (χ4n) is 3.51. The molecule has 3 rings (SSSR count). The second-order valence-electron chi connectivity index (χ2n) is 6.22. The van der Waals surface area contributed by atoms with Crippen LogP contribution >= 0.6 is 11.6 Å². The molecule has 7 nitrogen and oxygen atoms in total.